The first-order valence-electron chi connectivity index (χ1n) is 7.44. The lowest BCUT2D eigenvalue weighted by Gasteiger charge is -2.52. The fourth-order valence-electron chi connectivity index (χ4n) is 3.84. The number of hydrogen-bond donors (Lipinski definition) is 1. The van der Waals surface area contributed by atoms with Crippen LogP contribution in [0.2, 0.25) is 0 Å². The van der Waals surface area contributed by atoms with Gasteiger partial charge in [0, 0.05) is 25.2 Å². The molecule has 1 aromatic rings. The standard InChI is InChI=1S/C15H23BrN2O/c1-12(13-5-6-14(16)19-13)18-10-9-17-11-15(18)7-3-2-4-8-15/h5-6,12,17H,2-4,7-11H2,1H3. The van der Waals surface area contributed by atoms with Gasteiger partial charge in [-0.15, -0.1) is 0 Å². The lowest BCUT2D eigenvalue weighted by molar-refractivity contribution is -0.00910. The van der Waals surface area contributed by atoms with Gasteiger partial charge in [0.2, 0.25) is 0 Å². The summed E-state index contributed by atoms with van der Waals surface area (Å²) in [5, 5.41) is 3.61. The van der Waals surface area contributed by atoms with Crippen molar-refractivity contribution in [2.45, 2.75) is 50.6 Å². The second-order valence-electron chi connectivity index (χ2n) is 5.97. The molecule has 4 heteroatoms. The van der Waals surface area contributed by atoms with Gasteiger partial charge in [-0.25, -0.2) is 0 Å². The van der Waals surface area contributed by atoms with Gasteiger partial charge in [-0.3, -0.25) is 4.90 Å². The van der Waals surface area contributed by atoms with E-state index in [0.717, 1.165) is 30.1 Å². The minimum atomic E-state index is 0.356. The summed E-state index contributed by atoms with van der Waals surface area (Å²) in [6, 6.07) is 4.47. The van der Waals surface area contributed by atoms with Gasteiger partial charge in [0.15, 0.2) is 4.67 Å². The Morgan fingerprint density at radius 1 is 1.32 bits per heavy atom. The van der Waals surface area contributed by atoms with Gasteiger partial charge in [0.1, 0.15) is 5.76 Å². The molecule has 1 aliphatic carbocycles. The minimum absolute atomic E-state index is 0.356. The van der Waals surface area contributed by atoms with Crippen LogP contribution in [0.4, 0.5) is 0 Å². The molecule has 1 spiro atoms. The van der Waals surface area contributed by atoms with Crippen molar-refractivity contribution < 1.29 is 4.42 Å². The molecule has 1 atom stereocenters. The number of nitrogens with one attached hydrogen (secondary N) is 1. The molecule has 2 heterocycles. The summed E-state index contributed by atoms with van der Waals surface area (Å²) < 4.78 is 6.62. The second kappa shape index (κ2) is 5.58. The topological polar surface area (TPSA) is 28.4 Å². The summed E-state index contributed by atoms with van der Waals surface area (Å²) in [7, 11) is 0. The number of hydrogen-bond acceptors (Lipinski definition) is 3. The molecule has 3 nitrogen and oxygen atoms in total. The zero-order valence-corrected chi connectivity index (χ0v) is 13.2. The molecule has 2 fully saturated rings. The van der Waals surface area contributed by atoms with Gasteiger partial charge in [-0.2, -0.15) is 0 Å². The molecule has 1 saturated carbocycles. The van der Waals surface area contributed by atoms with E-state index in [2.05, 4.69) is 39.1 Å². The van der Waals surface area contributed by atoms with Crippen LogP contribution in [0.5, 0.6) is 0 Å². The van der Waals surface area contributed by atoms with Crippen molar-refractivity contribution in [3.05, 3.63) is 22.6 Å². The fourth-order valence-corrected chi connectivity index (χ4v) is 4.16. The van der Waals surface area contributed by atoms with Crippen molar-refractivity contribution in [3.63, 3.8) is 0 Å². The lowest BCUT2D eigenvalue weighted by atomic mass is 9.78. The third-order valence-corrected chi connectivity index (χ3v) is 5.28. The predicted octanol–water partition coefficient (Wildman–Crippen LogP) is 3.71. The van der Waals surface area contributed by atoms with Crippen LogP contribution in [0, 0.1) is 0 Å². The molecular formula is C15H23BrN2O. The smallest absolute Gasteiger partial charge is 0.169 e. The molecule has 2 aliphatic rings. The van der Waals surface area contributed by atoms with Crippen LogP contribution in [0.15, 0.2) is 21.2 Å². The Kier molecular flexibility index (Phi) is 4.01. The van der Waals surface area contributed by atoms with Crippen LogP contribution < -0.4 is 5.32 Å². The third kappa shape index (κ3) is 2.63. The zero-order valence-electron chi connectivity index (χ0n) is 11.6. The average molecular weight is 327 g/mol. The van der Waals surface area contributed by atoms with E-state index in [1.807, 2.05) is 6.07 Å². The van der Waals surface area contributed by atoms with Gasteiger partial charge in [0.05, 0.1) is 6.04 Å². The highest BCUT2D eigenvalue weighted by molar-refractivity contribution is 9.10. The van der Waals surface area contributed by atoms with E-state index < -0.39 is 0 Å². The summed E-state index contributed by atoms with van der Waals surface area (Å²) >= 11 is 3.41. The minimum Gasteiger partial charge on any atom is -0.453 e. The monoisotopic (exact) mass is 326 g/mol. The number of furan rings is 1. The van der Waals surface area contributed by atoms with Crippen LogP contribution in [-0.4, -0.2) is 30.1 Å². The number of rotatable bonds is 2. The second-order valence-corrected chi connectivity index (χ2v) is 6.75. The zero-order chi connectivity index (χ0) is 13.3. The maximum atomic E-state index is 5.79. The first-order chi connectivity index (χ1) is 9.21. The third-order valence-electron chi connectivity index (χ3n) is 4.85. The molecule has 1 aromatic heterocycles. The highest BCUT2D eigenvalue weighted by Crippen LogP contribution is 2.40. The normalized spacial score (nSPS) is 25.6. The van der Waals surface area contributed by atoms with Crippen molar-refractivity contribution in [2.75, 3.05) is 19.6 Å². The first-order valence-corrected chi connectivity index (χ1v) is 8.23. The molecule has 1 aliphatic heterocycles. The van der Waals surface area contributed by atoms with E-state index in [-0.39, 0.29) is 0 Å². The summed E-state index contributed by atoms with van der Waals surface area (Å²) in [5.41, 5.74) is 0.356. The van der Waals surface area contributed by atoms with Crippen LogP contribution in [0.25, 0.3) is 0 Å². The summed E-state index contributed by atoms with van der Waals surface area (Å²) in [5.74, 6) is 1.08. The van der Waals surface area contributed by atoms with Crippen molar-refractivity contribution in [2.24, 2.45) is 0 Å². The Hall–Kier alpha value is -0.320. The molecule has 106 valence electrons. The molecule has 19 heavy (non-hydrogen) atoms. The Morgan fingerprint density at radius 2 is 2.11 bits per heavy atom. The van der Waals surface area contributed by atoms with Gasteiger partial charge in [0.25, 0.3) is 0 Å². The molecule has 1 saturated heterocycles. The van der Waals surface area contributed by atoms with Crippen LogP contribution in [0.3, 0.4) is 0 Å². The quantitative estimate of drug-likeness (QED) is 0.898. The average Bonchev–Trinajstić information content (AvgIpc) is 2.86. The van der Waals surface area contributed by atoms with E-state index in [1.165, 1.54) is 32.1 Å². The molecule has 0 radical (unpaired) electrons. The van der Waals surface area contributed by atoms with E-state index >= 15 is 0 Å². The van der Waals surface area contributed by atoms with Crippen molar-refractivity contribution in [1.29, 1.82) is 0 Å². The van der Waals surface area contributed by atoms with Crippen molar-refractivity contribution >= 4 is 15.9 Å². The molecule has 1 unspecified atom stereocenters. The van der Waals surface area contributed by atoms with E-state index in [9.17, 15) is 0 Å². The highest BCUT2D eigenvalue weighted by atomic mass is 79.9. The SMILES string of the molecule is CC(c1ccc(Br)o1)N1CCNCC12CCCCC2. The molecule has 3 rings (SSSR count). The van der Waals surface area contributed by atoms with Gasteiger partial charge in [-0.1, -0.05) is 19.3 Å². The summed E-state index contributed by atoms with van der Waals surface area (Å²) in [6.45, 7) is 5.64. The predicted molar refractivity (Wildman–Crippen MR) is 80.2 cm³/mol. The molecular weight excluding hydrogens is 304 g/mol. The number of halogens is 1. The Labute approximate surface area is 123 Å². The summed E-state index contributed by atoms with van der Waals surface area (Å²) in [6.07, 6.45) is 6.79. The van der Waals surface area contributed by atoms with E-state index in [4.69, 9.17) is 4.42 Å². The van der Waals surface area contributed by atoms with Gasteiger partial charge in [-0.05, 0) is 47.8 Å². The maximum absolute atomic E-state index is 5.79. The lowest BCUT2D eigenvalue weighted by Crippen LogP contribution is -2.62. The number of nitrogens with zero attached hydrogens (tertiary/aromatic N) is 1. The Bertz CT molecular complexity index is 417. The first kappa shape index (κ1) is 13.7. The number of piperazine rings is 1. The molecule has 1 N–H and O–H groups in total. The van der Waals surface area contributed by atoms with Crippen LogP contribution >= 0.6 is 15.9 Å². The van der Waals surface area contributed by atoms with Crippen LogP contribution in [-0.2, 0) is 0 Å². The molecule has 0 bridgehead atoms. The Morgan fingerprint density at radius 3 is 2.79 bits per heavy atom. The van der Waals surface area contributed by atoms with Crippen molar-refractivity contribution in [1.82, 2.24) is 10.2 Å². The van der Waals surface area contributed by atoms with Crippen LogP contribution in [0.1, 0.15) is 50.8 Å². The fraction of sp³-hybridized carbons (Fsp3) is 0.733. The molecule has 0 amide bonds. The highest BCUT2D eigenvalue weighted by Gasteiger charge is 2.42. The van der Waals surface area contributed by atoms with E-state index in [1.54, 1.807) is 0 Å². The maximum Gasteiger partial charge on any atom is 0.169 e. The van der Waals surface area contributed by atoms with E-state index in [0.29, 0.717) is 11.6 Å². The Balaban J connectivity index is 1.83. The largest absolute Gasteiger partial charge is 0.453 e. The van der Waals surface area contributed by atoms with Crippen molar-refractivity contribution in [3.8, 4) is 0 Å². The summed E-state index contributed by atoms with van der Waals surface area (Å²) in [4.78, 5) is 2.69. The molecule has 0 aromatic carbocycles. The van der Waals surface area contributed by atoms with Gasteiger partial charge >= 0.3 is 0 Å². The van der Waals surface area contributed by atoms with Gasteiger partial charge < -0.3 is 9.73 Å².